The van der Waals surface area contributed by atoms with Crippen molar-refractivity contribution in [1.82, 2.24) is 4.90 Å². The Labute approximate surface area is 236 Å². The molecular formula is C33H37NO6. The van der Waals surface area contributed by atoms with E-state index in [1.807, 2.05) is 90.7 Å². The second-order valence-electron chi connectivity index (χ2n) is 10.1. The number of rotatable bonds is 15. The third-order valence-electron chi connectivity index (χ3n) is 7.37. The highest BCUT2D eigenvalue weighted by Crippen LogP contribution is 2.39. The summed E-state index contributed by atoms with van der Waals surface area (Å²) in [5.74, 6) is 1.02. The van der Waals surface area contributed by atoms with Crippen LogP contribution in [0.15, 0.2) is 91.0 Å². The summed E-state index contributed by atoms with van der Waals surface area (Å²) < 4.78 is 22.0. The number of nitrogens with zero attached hydrogens (tertiary/aromatic N) is 1. The first kappa shape index (κ1) is 28.9. The summed E-state index contributed by atoms with van der Waals surface area (Å²) in [5, 5.41) is 0. The number of ether oxygens (including phenoxy) is 4. The van der Waals surface area contributed by atoms with Crippen molar-refractivity contribution in [3.8, 4) is 11.5 Å². The molecule has 7 heteroatoms. The van der Waals surface area contributed by atoms with Gasteiger partial charge in [-0.3, -0.25) is 9.59 Å². The van der Waals surface area contributed by atoms with Gasteiger partial charge in [0.25, 0.3) is 6.47 Å². The van der Waals surface area contributed by atoms with E-state index in [-0.39, 0.29) is 24.6 Å². The first-order valence-electron chi connectivity index (χ1n) is 13.4. The number of methoxy groups -OCH3 is 2. The quantitative estimate of drug-likeness (QED) is 0.152. The number of hydrogen-bond acceptors (Lipinski definition) is 6. The number of carbonyl (C=O) groups is 2. The van der Waals surface area contributed by atoms with E-state index in [2.05, 4.69) is 6.58 Å². The van der Waals surface area contributed by atoms with Crippen molar-refractivity contribution in [2.24, 2.45) is 5.92 Å². The second kappa shape index (κ2) is 13.8. The van der Waals surface area contributed by atoms with E-state index in [0.717, 1.165) is 33.8 Å². The molecule has 0 bridgehead atoms. The van der Waals surface area contributed by atoms with E-state index >= 15 is 0 Å². The summed E-state index contributed by atoms with van der Waals surface area (Å²) >= 11 is 0. The molecule has 1 aliphatic rings. The molecule has 40 heavy (non-hydrogen) atoms. The largest absolute Gasteiger partial charge is 0.497 e. The zero-order valence-electron chi connectivity index (χ0n) is 23.3. The van der Waals surface area contributed by atoms with Crippen LogP contribution < -0.4 is 9.47 Å². The molecule has 1 heterocycles. The fourth-order valence-corrected chi connectivity index (χ4v) is 5.35. The molecule has 3 aromatic carbocycles. The van der Waals surface area contributed by atoms with Crippen LogP contribution in [0.25, 0.3) is 0 Å². The minimum absolute atomic E-state index is 0.00795. The molecule has 0 aliphatic carbocycles. The van der Waals surface area contributed by atoms with Crippen molar-refractivity contribution < 1.29 is 28.5 Å². The van der Waals surface area contributed by atoms with Crippen molar-refractivity contribution in [2.75, 3.05) is 20.8 Å². The fraction of sp³-hybridized carbons (Fsp3) is 0.333. The Morgan fingerprint density at radius 2 is 1.43 bits per heavy atom. The van der Waals surface area contributed by atoms with E-state index in [1.54, 1.807) is 14.2 Å². The highest BCUT2D eigenvalue weighted by atomic mass is 16.6. The van der Waals surface area contributed by atoms with Gasteiger partial charge < -0.3 is 23.8 Å². The van der Waals surface area contributed by atoms with Gasteiger partial charge in [0.2, 0.25) is 5.91 Å². The van der Waals surface area contributed by atoms with E-state index in [0.29, 0.717) is 25.9 Å². The van der Waals surface area contributed by atoms with Gasteiger partial charge >= 0.3 is 0 Å². The molecule has 0 unspecified atom stereocenters. The van der Waals surface area contributed by atoms with Gasteiger partial charge in [0, 0.05) is 6.04 Å². The molecular weight excluding hydrogens is 506 g/mol. The van der Waals surface area contributed by atoms with Gasteiger partial charge in [-0.05, 0) is 60.7 Å². The fourth-order valence-electron chi connectivity index (χ4n) is 5.35. The molecule has 3 atom stereocenters. The maximum absolute atomic E-state index is 13.9. The number of β-lactam (4-membered cyclic amide) rings is 1. The van der Waals surface area contributed by atoms with Crippen LogP contribution >= 0.6 is 0 Å². The van der Waals surface area contributed by atoms with E-state index in [9.17, 15) is 9.59 Å². The molecule has 1 aliphatic heterocycles. The first-order valence-corrected chi connectivity index (χ1v) is 13.4. The maximum Gasteiger partial charge on any atom is 0.293 e. The highest BCUT2D eigenvalue weighted by molar-refractivity contribution is 5.88. The lowest BCUT2D eigenvalue weighted by Crippen LogP contribution is -2.69. The molecule has 3 aromatic rings. The summed E-state index contributed by atoms with van der Waals surface area (Å²) in [6.07, 6.45) is 0.704. The number of benzene rings is 3. The van der Waals surface area contributed by atoms with Crippen LogP contribution in [0.1, 0.15) is 23.6 Å². The van der Waals surface area contributed by atoms with Gasteiger partial charge in [-0.1, -0.05) is 66.7 Å². The predicted molar refractivity (Wildman–Crippen MR) is 153 cm³/mol. The number of amides is 1. The van der Waals surface area contributed by atoms with Crippen LogP contribution in [0.2, 0.25) is 0 Å². The Morgan fingerprint density at radius 3 is 1.90 bits per heavy atom. The third kappa shape index (κ3) is 6.90. The summed E-state index contributed by atoms with van der Waals surface area (Å²) in [6, 6.07) is 25.2. The average Bonchev–Trinajstić information content (AvgIpc) is 2.98. The monoisotopic (exact) mass is 543 g/mol. The molecule has 210 valence electrons. The standard InChI is InChI=1S/C33H37NO6/c1-23(2)32-31(30(21-39-22-35)40-20-26-8-6-5-7-9-26)33(36)34(32)27(18-24-10-14-28(37-3)15-11-24)19-25-12-16-29(38-4)17-13-25/h5-17,22,27,30-32H,1,18-21H2,2-4H3/t30-,31+,32+/m0/s1. The SMILES string of the molecule is C=C(C)[C@@H]1[C@@H]([C@H](COC=O)OCc2ccccc2)C(=O)N1C(Cc1ccc(OC)cc1)Cc1ccc(OC)cc1. The van der Waals surface area contributed by atoms with Crippen molar-refractivity contribution in [2.45, 2.75) is 44.6 Å². The molecule has 0 N–H and O–H groups in total. The van der Waals surface area contributed by atoms with Crippen molar-refractivity contribution >= 4 is 12.4 Å². The highest BCUT2D eigenvalue weighted by Gasteiger charge is 2.54. The van der Waals surface area contributed by atoms with Crippen molar-refractivity contribution in [1.29, 1.82) is 0 Å². The molecule has 1 saturated heterocycles. The lowest BCUT2D eigenvalue weighted by Gasteiger charge is -2.53. The van der Waals surface area contributed by atoms with Crippen LogP contribution in [0.4, 0.5) is 0 Å². The van der Waals surface area contributed by atoms with Gasteiger partial charge in [-0.25, -0.2) is 0 Å². The summed E-state index contributed by atoms with van der Waals surface area (Å²) in [5.41, 5.74) is 4.03. The topological polar surface area (TPSA) is 74.3 Å². The zero-order valence-corrected chi connectivity index (χ0v) is 23.3. The molecule has 0 aromatic heterocycles. The van der Waals surface area contributed by atoms with Gasteiger partial charge in [-0.2, -0.15) is 0 Å². The van der Waals surface area contributed by atoms with Crippen LogP contribution in [-0.2, 0) is 38.5 Å². The average molecular weight is 544 g/mol. The Bertz CT molecular complexity index is 1210. The molecule has 1 amide bonds. The molecule has 1 fully saturated rings. The normalized spacial score (nSPS) is 17.2. The van der Waals surface area contributed by atoms with Gasteiger partial charge in [0.05, 0.1) is 32.8 Å². The van der Waals surface area contributed by atoms with Crippen LogP contribution in [0.5, 0.6) is 11.5 Å². The zero-order chi connectivity index (χ0) is 28.5. The predicted octanol–water partition coefficient (Wildman–Crippen LogP) is 5.02. The molecule has 7 nitrogen and oxygen atoms in total. The number of hydrogen-bond donors (Lipinski definition) is 0. The lowest BCUT2D eigenvalue weighted by atomic mass is 9.76. The number of carbonyl (C=O) groups excluding carboxylic acids is 2. The Morgan fingerprint density at radius 1 is 0.875 bits per heavy atom. The second-order valence-corrected chi connectivity index (χ2v) is 10.1. The van der Waals surface area contributed by atoms with Gasteiger partial charge in [0.15, 0.2) is 0 Å². The summed E-state index contributed by atoms with van der Waals surface area (Å²) in [6.45, 7) is 6.87. The summed E-state index contributed by atoms with van der Waals surface area (Å²) in [4.78, 5) is 26.9. The van der Waals surface area contributed by atoms with E-state index < -0.39 is 12.0 Å². The Kier molecular flexibility index (Phi) is 9.97. The maximum atomic E-state index is 13.9. The van der Waals surface area contributed by atoms with Crippen LogP contribution in [0.3, 0.4) is 0 Å². The first-order chi connectivity index (χ1) is 19.4. The van der Waals surface area contributed by atoms with Gasteiger partial charge in [-0.15, -0.1) is 0 Å². The van der Waals surface area contributed by atoms with Crippen molar-refractivity contribution in [3.05, 3.63) is 108 Å². The molecule has 4 rings (SSSR count). The van der Waals surface area contributed by atoms with E-state index in [4.69, 9.17) is 18.9 Å². The third-order valence-corrected chi connectivity index (χ3v) is 7.37. The minimum Gasteiger partial charge on any atom is -0.497 e. The minimum atomic E-state index is -0.599. The lowest BCUT2D eigenvalue weighted by molar-refractivity contribution is -0.176. The Hall–Kier alpha value is -4.10. The molecule has 0 saturated carbocycles. The van der Waals surface area contributed by atoms with Crippen LogP contribution in [-0.4, -0.2) is 56.3 Å². The van der Waals surface area contributed by atoms with Crippen LogP contribution in [0, 0.1) is 5.92 Å². The smallest absolute Gasteiger partial charge is 0.293 e. The summed E-state index contributed by atoms with van der Waals surface area (Å²) in [7, 11) is 3.28. The van der Waals surface area contributed by atoms with Crippen molar-refractivity contribution in [3.63, 3.8) is 0 Å². The number of likely N-dealkylation sites (tertiary alicyclic amines) is 1. The molecule has 0 radical (unpaired) electrons. The Balaban J connectivity index is 1.60. The molecule has 0 spiro atoms. The van der Waals surface area contributed by atoms with Gasteiger partial charge in [0.1, 0.15) is 24.2 Å². The van der Waals surface area contributed by atoms with E-state index in [1.165, 1.54) is 0 Å².